The van der Waals surface area contributed by atoms with E-state index in [2.05, 4.69) is 37.1 Å². The summed E-state index contributed by atoms with van der Waals surface area (Å²) in [7, 11) is 0. The van der Waals surface area contributed by atoms with Crippen LogP contribution in [-0.4, -0.2) is 60.5 Å². The first-order valence-corrected chi connectivity index (χ1v) is 13.4. The molecule has 3 fully saturated rings. The maximum atomic E-state index is 14.0. The second-order valence-corrected chi connectivity index (χ2v) is 11.2. The number of likely N-dealkylation sites (tertiary alicyclic amines) is 1. The van der Waals surface area contributed by atoms with Crippen molar-refractivity contribution in [1.82, 2.24) is 15.1 Å². The van der Waals surface area contributed by atoms with Crippen molar-refractivity contribution in [1.29, 1.82) is 0 Å². The number of piperidine rings is 3. The van der Waals surface area contributed by atoms with Crippen LogP contribution in [0.1, 0.15) is 61.7 Å². The molecule has 3 saturated heterocycles. The average Bonchev–Trinajstić information content (AvgIpc) is 2.78. The molecule has 5 rings (SSSR count). The number of hydrogen-bond acceptors (Lipinski definition) is 3. The Morgan fingerprint density at radius 1 is 1.12 bits per heavy atom. The molecular formula is C26H34BrF2N3O. The van der Waals surface area contributed by atoms with Crippen molar-refractivity contribution in [3.8, 4) is 0 Å². The highest BCUT2D eigenvalue weighted by Gasteiger charge is 2.45. The lowest BCUT2D eigenvalue weighted by Gasteiger charge is -2.55. The number of rotatable bonds is 6. The Bertz CT molecular complexity index is 900. The van der Waals surface area contributed by atoms with Gasteiger partial charge in [-0.3, -0.25) is 14.6 Å². The Labute approximate surface area is 203 Å². The van der Waals surface area contributed by atoms with Crippen molar-refractivity contribution in [2.75, 3.05) is 32.7 Å². The zero-order valence-corrected chi connectivity index (χ0v) is 20.8. The number of carbonyl (C=O) groups is 1. The Hall–Kier alpha value is -1.31. The Morgan fingerprint density at radius 3 is 2.76 bits per heavy atom. The fourth-order valence-corrected chi connectivity index (χ4v) is 7.23. The van der Waals surface area contributed by atoms with E-state index in [1.807, 2.05) is 0 Å². The molecule has 1 aromatic rings. The molecule has 4 atom stereocenters. The van der Waals surface area contributed by atoms with Crippen molar-refractivity contribution in [2.45, 2.75) is 63.5 Å². The molecule has 0 aromatic heterocycles. The molecule has 4 aliphatic rings. The SMILES string of the molecule is O=C(NCCCCN1CCCC2=C[C@@H]3C[C@@H](CN4CCCC[C@H]34)[C@@H]21)c1c(F)cc(Br)cc1F. The van der Waals surface area contributed by atoms with E-state index in [1.165, 1.54) is 51.6 Å². The molecule has 180 valence electrons. The summed E-state index contributed by atoms with van der Waals surface area (Å²) >= 11 is 3.04. The van der Waals surface area contributed by atoms with Gasteiger partial charge in [-0.05, 0) is 88.5 Å². The molecule has 1 amide bonds. The number of unbranched alkanes of at least 4 members (excludes halogenated alkanes) is 1. The van der Waals surface area contributed by atoms with Gasteiger partial charge in [0.15, 0.2) is 0 Å². The molecule has 0 saturated carbocycles. The molecule has 3 aliphatic heterocycles. The zero-order chi connectivity index (χ0) is 22.9. The molecule has 33 heavy (non-hydrogen) atoms. The lowest BCUT2D eigenvalue weighted by Crippen LogP contribution is -2.59. The summed E-state index contributed by atoms with van der Waals surface area (Å²) in [5.74, 6) is -0.869. The van der Waals surface area contributed by atoms with E-state index in [0.717, 1.165) is 55.9 Å². The van der Waals surface area contributed by atoms with Crippen LogP contribution in [0.2, 0.25) is 0 Å². The third-order valence-electron chi connectivity index (χ3n) is 8.15. The number of carbonyl (C=O) groups excluding carboxylic acids is 1. The molecule has 0 radical (unpaired) electrons. The van der Waals surface area contributed by atoms with Gasteiger partial charge in [-0.1, -0.05) is 34.0 Å². The Kier molecular flexibility index (Phi) is 7.19. The fourth-order valence-electron chi connectivity index (χ4n) is 6.82. The summed E-state index contributed by atoms with van der Waals surface area (Å²) in [5, 5.41) is 2.69. The number of fused-ring (bicyclic) bond motifs is 6. The molecule has 1 aliphatic carbocycles. The van der Waals surface area contributed by atoms with Crippen LogP contribution < -0.4 is 5.32 Å². The smallest absolute Gasteiger partial charge is 0.257 e. The molecule has 7 heteroatoms. The van der Waals surface area contributed by atoms with E-state index >= 15 is 0 Å². The molecule has 3 heterocycles. The van der Waals surface area contributed by atoms with Crippen LogP contribution in [0.3, 0.4) is 0 Å². The fraction of sp³-hybridized carbons (Fsp3) is 0.654. The lowest BCUT2D eigenvalue weighted by molar-refractivity contribution is -0.000934. The molecule has 4 nitrogen and oxygen atoms in total. The van der Waals surface area contributed by atoms with Gasteiger partial charge in [0.25, 0.3) is 5.91 Å². The van der Waals surface area contributed by atoms with Crippen molar-refractivity contribution < 1.29 is 13.6 Å². The van der Waals surface area contributed by atoms with Gasteiger partial charge in [-0.2, -0.15) is 0 Å². The third kappa shape index (κ3) is 4.92. The quantitative estimate of drug-likeness (QED) is 0.416. The minimum atomic E-state index is -0.842. The van der Waals surface area contributed by atoms with Crippen molar-refractivity contribution in [2.24, 2.45) is 11.8 Å². The number of hydrogen-bond donors (Lipinski definition) is 1. The predicted molar refractivity (Wildman–Crippen MR) is 129 cm³/mol. The second kappa shape index (κ2) is 10.1. The van der Waals surface area contributed by atoms with Gasteiger partial charge < -0.3 is 5.32 Å². The van der Waals surface area contributed by atoms with Crippen LogP contribution in [0.25, 0.3) is 0 Å². The van der Waals surface area contributed by atoms with Crippen molar-refractivity contribution in [3.05, 3.63) is 45.5 Å². The van der Waals surface area contributed by atoms with E-state index in [9.17, 15) is 13.6 Å². The molecule has 0 unspecified atom stereocenters. The van der Waals surface area contributed by atoms with Crippen LogP contribution in [-0.2, 0) is 0 Å². The highest BCUT2D eigenvalue weighted by atomic mass is 79.9. The first kappa shape index (κ1) is 23.4. The second-order valence-electron chi connectivity index (χ2n) is 10.3. The summed E-state index contributed by atoms with van der Waals surface area (Å²) in [6, 6.07) is 3.60. The van der Waals surface area contributed by atoms with E-state index in [0.29, 0.717) is 12.6 Å². The molecule has 1 aromatic carbocycles. The standard InChI is InChI=1S/C26H34BrF2N3O/c27-20-14-21(28)24(22(29)15-20)26(33)30-8-2-4-9-31-11-5-6-17-12-18-13-19(25(17)31)16-32-10-3-1-7-23(18)32/h12,14-15,18-19,23,25H,1-11,13,16H2,(H,30,33)/t18-,19+,23-,25-/m1/s1. The Balaban J connectivity index is 1.13. The Morgan fingerprint density at radius 2 is 1.94 bits per heavy atom. The number of benzene rings is 1. The molecule has 1 N–H and O–H groups in total. The minimum Gasteiger partial charge on any atom is -0.352 e. The van der Waals surface area contributed by atoms with Gasteiger partial charge in [0.05, 0.1) is 0 Å². The van der Waals surface area contributed by atoms with Gasteiger partial charge >= 0.3 is 0 Å². The van der Waals surface area contributed by atoms with E-state index in [4.69, 9.17) is 0 Å². The largest absolute Gasteiger partial charge is 0.352 e. The maximum absolute atomic E-state index is 14.0. The monoisotopic (exact) mass is 521 g/mol. The third-order valence-corrected chi connectivity index (χ3v) is 8.61. The first-order valence-electron chi connectivity index (χ1n) is 12.6. The topological polar surface area (TPSA) is 35.6 Å². The highest BCUT2D eigenvalue weighted by molar-refractivity contribution is 9.10. The molecule has 0 spiro atoms. The van der Waals surface area contributed by atoms with Gasteiger partial charge in [0, 0.05) is 29.6 Å². The maximum Gasteiger partial charge on any atom is 0.257 e. The van der Waals surface area contributed by atoms with Crippen LogP contribution in [0, 0.1) is 23.5 Å². The average molecular weight is 522 g/mol. The number of nitrogens with zero attached hydrogens (tertiary/aromatic N) is 2. The molecular weight excluding hydrogens is 488 g/mol. The summed E-state index contributed by atoms with van der Waals surface area (Å²) in [5.41, 5.74) is 1.18. The highest BCUT2D eigenvalue weighted by Crippen LogP contribution is 2.45. The molecule has 2 bridgehead atoms. The first-order chi connectivity index (χ1) is 16.0. The lowest BCUT2D eigenvalue weighted by atomic mass is 9.68. The summed E-state index contributed by atoms with van der Waals surface area (Å²) in [6.07, 6.45) is 12.3. The number of nitrogens with one attached hydrogen (secondary N) is 1. The van der Waals surface area contributed by atoms with Gasteiger partial charge in [0.1, 0.15) is 17.2 Å². The summed E-state index contributed by atoms with van der Waals surface area (Å²) in [6.45, 7) is 5.11. The van der Waals surface area contributed by atoms with Crippen LogP contribution >= 0.6 is 15.9 Å². The minimum absolute atomic E-state index is 0.284. The normalized spacial score (nSPS) is 29.7. The van der Waals surface area contributed by atoms with Crippen molar-refractivity contribution >= 4 is 21.8 Å². The number of halogens is 3. The van der Waals surface area contributed by atoms with E-state index in [-0.39, 0.29) is 4.47 Å². The van der Waals surface area contributed by atoms with Gasteiger partial charge in [-0.25, -0.2) is 8.78 Å². The van der Waals surface area contributed by atoms with Gasteiger partial charge in [-0.15, -0.1) is 0 Å². The van der Waals surface area contributed by atoms with Gasteiger partial charge in [0.2, 0.25) is 0 Å². The summed E-state index contributed by atoms with van der Waals surface area (Å²) < 4.78 is 28.3. The van der Waals surface area contributed by atoms with Crippen LogP contribution in [0.4, 0.5) is 8.78 Å². The predicted octanol–water partition coefficient (Wildman–Crippen LogP) is 5.13. The van der Waals surface area contributed by atoms with Crippen LogP contribution in [0.15, 0.2) is 28.3 Å². The number of amides is 1. The summed E-state index contributed by atoms with van der Waals surface area (Å²) in [4.78, 5) is 17.7. The van der Waals surface area contributed by atoms with Crippen molar-refractivity contribution in [3.63, 3.8) is 0 Å². The zero-order valence-electron chi connectivity index (χ0n) is 19.2. The van der Waals surface area contributed by atoms with E-state index in [1.54, 1.807) is 5.57 Å². The van der Waals surface area contributed by atoms with E-state index < -0.39 is 23.1 Å². The van der Waals surface area contributed by atoms with Crippen LogP contribution in [0.5, 0.6) is 0 Å².